The Hall–Kier alpha value is -0.870. The topological polar surface area (TPSA) is 25.8 Å². The van der Waals surface area contributed by atoms with Gasteiger partial charge in [0, 0.05) is 5.75 Å². The zero-order valence-electron chi connectivity index (χ0n) is 9.38. The van der Waals surface area contributed by atoms with Crippen LogP contribution >= 0.6 is 23.1 Å². The fourth-order valence-corrected chi connectivity index (χ4v) is 2.81. The Morgan fingerprint density at radius 3 is 2.56 bits per heavy atom. The molecule has 0 spiro atoms. The van der Waals surface area contributed by atoms with E-state index in [1.807, 2.05) is 0 Å². The molecule has 0 amide bonds. The lowest BCUT2D eigenvalue weighted by Gasteiger charge is -2.05. The molecule has 1 aromatic carbocycles. The molecule has 1 heterocycles. The van der Waals surface area contributed by atoms with E-state index in [4.69, 9.17) is 0 Å². The molecule has 2 aromatic rings. The molecule has 16 heavy (non-hydrogen) atoms. The number of aromatic nitrogens is 2. The van der Waals surface area contributed by atoms with E-state index in [2.05, 4.69) is 48.3 Å². The maximum Gasteiger partial charge on any atom is 0.174 e. The zero-order chi connectivity index (χ0) is 11.4. The van der Waals surface area contributed by atoms with Gasteiger partial charge in [0.15, 0.2) is 4.34 Å². The summed E-state index contributed by atoms with van der Waals surface area (Å²) < 4.78 is 1.04. The first-order valence-electron chi connectivity index (χ1n) is 5.23. The van der Waals surface area contributed by atoms with Gasteiger partial charge in [-0.2, -0.15) is 0 Å². The summed E-state index contributed by atoms with van der Waals surface area (Å²) in [6.45, 7) is 4.43. The van der Waals surface area contributed by atoms with Crippen LogP contribution in [0.15, 0.2) is 34.1 Å². The van der Waals surface area contributed by atoms with Crippen molar-refractivity contribution in [2.24, 2.45) is 0 Å². The highest BCUT2D eigenvalue weighted by Crippen LogP contribution is 2.24. The number of hydrogen-bond donors (Lipinski definition) is 0. The standard InChI is InChI=1S/C12H14N2S2/c1-9(2)11-5-3-10(4-6-11)7-15-12-14-13-8-16-12/h3-6,8-9H,7H2,1-2H3. The monoisotopic (exact) mass is 250 g/mol. The van der Waals surface area contributed by atoms with Gasteiger partial charge in [-0.1, -0.05) is 61.2 Å². The molecular weight excluding hydrogens is 236 g/mol. The van der Waals surface area contributed by atoms with Gasteiger partial charge in [0.05, 0.1) is 0 Å². The number of benzene rings is 1. The van der Waals surface area contributed by atoms with Crippen LogP contribution in [0.25, 0.3) is 0 Å². The summed E-state index contributed by atoms with van der Waals surface area (Å²) in [7, 11) is 0. The number of hydrogen-bond acceptors (Lipinski definition) is 4. The molecule has 0 aliphatic heterocycles. The maximum atomic E-state index is 4.01. The van der Waals surface area contributed by atoms with Gasteiger partial charge < -0.3 is 0 Å². The van der Waals surface area contributed by atoms with E-state index < -0.39 is 0 Å². The van der Waals surface area contributed by atoms with Crippen LogP contribution < -0.4 is 0 Å². The quantitative estimate of drug-likeness (QED) is 0.768. The third-order valence-electron chi connectivity index (χ3n) is 2.35. The number of rotatable bonds is 4. The average Bonchev–Trinajstić information content (AvgIpc) is 2.80. The lowest BCUT2D eigenvalue weighted by molar-refractivity contribution is 0.866. The summed E-state index contributed by atoms with van der Waals surface area (Å²) in [5.74, 6) is 1.57. The molecule has 0 radical (unpaired) electrons. The fourth-order valence-electron chi connectivity index (χ4n) is 1.37. The van der Waals surface area contributed by atoms with Gasteiger partial charge in [-0.3, -0.25) is 0 Å². The molecule has 0 bridgehead atoms. The third-order valence-corrected chi connectivity index (χ3v) is 4.28. The molecule has 0 aliphatic carbocycles. The Morgan fingerprint density at radius 2 is 2.00 bits per heavy atom. The molecule has 0 saturated heterocycles. The summed E-state index contributed by atoms with van der Waals surface area (Å²) in [6, 6.07) is 8.81. The molecule has 0 aliphatic rings. The highest BCUT2D eigenvalue weighted by molar-refractivity contribution is 8.00. The second-order valence-electron chi connectivity index (χ2n) is 3.89. The Bertz CT molecular complexity index is 421. The van der Waals surface area contributed by atoms with Gasteiger partial charge in [-0.25, -0.2) is 0 Å². The molecule has 0 saturated carbocycles. The molecule has 2 nitrogen and oxygen atoms in total. The van der Waals surface area contributed by atoms with Crippen LogP contribution in [0.4, 0.5) is 0 Å². The second kappa shape index (κ2) is 5.46. The van der Waals surface area contributed by atoms with E-state index in [-0.39, 0.29) is 0 Å². The van der Waals surface area contributed by atoms with Crippen LogP contribution in [0.1, 0.15) is 30.9 Å². The first kappa shape index (κ1) is 11.6. The summed E-state index contributed by atoms with van der Waals surface area (Å²) in [5, 5.41) is 7.83. The normalized spacial score (nSPS) is 10.9. The maximum absolute atomic E-state index is 4.01. The third kappa shape index (κ3) is 3.06. The van der Waals surface area contributed by atoms with E-state index in [9.17, 15) is 0 Å². The van der Waals surface area contributed by atoms with E-state index in [1.54, 1.807) is 28.6 Å². The van der Waals surface area contributed by atoms with Crippen molar-refractivity contribution < 1.29 is 0 Å². The van der Waals surface area contributed by atoms with Crippen molar-refractivity contribution in [3.05, 3.63) is 40.9 Å². The minimum Gasteiger partial charge on any atom is -0.146 e. The Kier molecular flexibility index (Phi) is 3.96. The van der Waals surface area contributed by atoms with Crippen LogP contribution in [0.5, 0.6) is 0 Å². The smallest absolute Gasteiger partial charge is 0.146 e. The predicted molar refractivity (Wildman–Crippen MR) is 70.0 cm³/mol. The predicted octanol–water partition coefficient (Wildman–Crippen LogP) is 3.95. The van der Waals surface area contributed by atoms with Crippen LogP contribution in [0, 0.1) is 0 Å². The summed E-state index contributed by atoms with van der Waals surface area (Å²) in [4.78, 5) is 0. The van der Waals surface area contributed by atoms with Crippen molar-refractivity contribution >= 4 is 23.1 Å². The molecule has 1 aromatic heterocycles. The molecule has 0 fully saturated rings. The molecule has 0 N–H and O–H groups in total. The summed E-state index contributed by atoms with van der Waals surface area (Å²) in [6.07, 6.45) is 0. The van der Waals surface area contributed by atoms with Gasteiger partial charge in [-0.05, 0) is 17.0 Å². The lowest BCUT2D eigenvalue weighted by atomic mass is 10.0. The van der Waals surface area contributed by atoms with E-state index in [0.29, 0.717) is 5.92 Å². The molecular formula is C12H14N2S2. The molecule has 84 valence electrons. The molecule has 0 unspecified atom stereocenters. The largest absolute Gasteiger partial charge is 0.174 e. The fraction of sp³-hybridized carbons (Fsp3) is 0.333. The summed E-state index contributed by atoms with van der Waals surface area (Å²) in [5.41, 5.74) is 4.50. The van der Waals surface area contributed by atoms with Gasteiger partial charge in [-0.15, -0.1) is 10.2 Å². The van der Waals surface area contributed by atoms with E-state index in [0.717, 1.165) is 10.1 Å². The zero-order valence-corrected chi connectivity index (χ0v) is 11.0. The second-order valence-corrected chi connectivity index (χ2v) is 5.95. The SMILES string of the molecule is CC(C)c1ccc(CSc2nncs2)cc1. The number of thioether (sulfide) groups is 1. The van der Waals surface area contributed by atoms with Crippen LogP contribution in [0.3, 0.4) is 0 Å². The lowest BCUT2D eigenvalue weighted by Crippen LogP contribution is -1.87. The minimum absolute atomic E-state index is 0.602. The van der Waals surface area contributed by atoms with Crippen LogP contribution in [0.2, 0.25) is 0 Å². The van der Waals surface area contributed by atoms with Gasteiger partial charge in [0.25, 0.3) is 0 Å². The van der Waals surface area contributed by atoms with Gasteiger partial charge in [0.1, 0.15) is 5.51 Å². The number of nitrogens with zero attached hydrogens (tertiary/aromatic N) is 2. The first-order valence-corrected chi connectivity index (χ1v) is 7.10. The highest BCUT2D eigenvalue weighted by atomic mass is 32.2. The first-order chi connectivity index (χ1) is 7.75. The Balaban J connectivity index is 1.95. The molecule has 2 rings (SSSR count). The van der Waals surface area contributed by atoms with Crippen molar-refractivity contribution in [3.8, 4) is 0 Å². The summed E-state index contributed by atoms with van der Waals surface area (Å²) >= 11 is 3.33. The van der Waals surface area contributed by atoms with Crippen molar-refractivity contribution in [2.45, 2.75) is 29.9 Å². The van der Waals surface area contributed by atoms with Crippen molar-refractivity contribution in [2.75, 3.05) is 0 Å². The van der Waals surface area contributed by atoms with Crippen molar-refractivity contribution in [3.63, 3.8) is 0 Å². The van der Waals surface area contributed by atoms with Crippen LogP contribution in [-0.2, 0) is 5.75 Å². The highest BCUT2D eigenvalue weighted by Gasteiger charge is 2.01. The van der Waals surface area contributed by atoms with E-state index in [1.165, 1.54) is 11.1 Å². The van der Waals surface area contributed by atoms with Gasteiger partial charge >= 0.3 is 0 Å². The van der Waals surface area contributed by atoms with Crippen LogP contribution in [-0.4, -0.2) is 10.2 Å². The Labute approximate surface area is 104 Å². The van der Waals surface area contributed by atoms with Crippen molar-refractivity contribution in [1.29, 1.82) is 0 Å². The average molecular weight is 250 g/mol. The Morgan fingerprint density at radius 1 is 1.25 bits per heavy atom. The van der Waals surface area contributed by atoms with Gasteiger partial charge in [0.2, 0.25) is 0 Å². The van der Waals surface area contributed by atoms with Crippen molar-refractivity contribution in [1.82, 2.24) is 10.2 Å². The molecule has 0 atom stereocenters. The van der Waals surface area contributed by atoms with E-state index >= 15 is 0 Å². The molecule has 4 heteroatoms. The minimum atomic E-state index is 0.602.